The molecular weight excluding hydrogens is 258 g/mol. The second-order valence-electron chi connectivity index (χ2n) is 5.20. The summed E-state index contributed by atoms with van der Waals surface area (Å²) in [5.74, 6) is 0.548. The molecule has 19 heavy (non-hydrogen) atoms. The zero-order chi connectivity index (χ0) is 13.7. The quantitative estimate of drug-likeness (QED) is 0.654. The van der Waals surface area contributed by atoms with E-state index in [-0.39, 0.29) is 0 Å². The second-order valence-corrected chi connectivity index (χ2v) is 6.03. The van der Waals surface area contributed by atoms with Gasteiger partial charge in [0.25, 0.3) is 0 Å². The Morgan fingerprint density at radius 2 is 2.21 bits per heavy atom. The minimum absolute atomic E-state index is 0.505. The molecule has 5 nitrogen and oxygen atoms in total. The number of thiazole rings is 1. The third kappa shape index (κ3) is 4.38. The van der Waals surface area contributed by atoms with Gasteiger partial charge < -0.3 is 16.0 Å². The van der Waals surface area contributed by atoms with E-state index in [0.717, 1.165) is 10.8 Å². The lowest BCUT2D eigenvalue weighted by atomic mass is 9.96. The van der Waals surface area contributed by atoms with Gasteiger partial charge in [0.05, 0.1) is 12.2 Å². The highest BCUT2D eigenvalue weighted by Crippen LogP contribution is 2.19. The van der Waals surface area contributed by atoms with Crippen LogP contribution in [0.15, 0.2) is 10.4 Å². The van der Waals surface area contributed by atoms with E-state index in [1.165, 1.54) is 32.1 Å². The summed E-state index contributed by atoms with van der Waals surface area (Å²) >= 11 is 1.63. The maximum atomic E-state index is 5.92. The fraction of sp³-hybridized carbons (Fsp3) is 0.692. The van der Waals surface area contributed by atoms with Crippen LogP contribution in [-0.4, -0.2) is 31.1 Å². The lowest BCUT2D eigenvalue weighted by molar-refractivity contribution is 0.412. The van der Waals surface area contributed by atoms with Crippen LogP contribution in [-0.2, 0) is 6.54 Å². The first-order chi connectivity index (χ1) is 9.15. The van der Waals surface area contributed by atoms with Gasteiger partial charge in [-0.05, 0) is 12.8 Å². The van der Waals surface area contributed by atoms with Crippen molar-refractivity contribution in [1.82, 2.24) is 10.3 Å². The van der Waals surface area contributed by atoms with E-state index in [9.17, 15) is 0 Å². The van der Waals surface area contributed by atoms with Crippen LogP contribution < -0.4 is 16.0 Å². The summed E-state index contributed by atoms with van der Waals surface area (Å²) in [5, 5.41) is 6.35. The number of nitrogens with one attached hydrogen (secondary N) is 1. The molecule has 0 aliphatic heterocycles. The molecule has 6 heteroatoms. The van der Waals surface area contributed by atoms with Gasteiger partial charge in [0.15, 0.2) is 11.1 Å². The zero-order valence-electron chi connectivity index (χ0n) is 11.7. The molecule has 0 aromatic carbocycles. The highest BCUT2D eigenvalue weighted by atomic mass is 32.1. The van der Waals surface area contributed by atoms with Gasteiger partial charge in [-0.15, -0.1) is 11.3 Å². The minimum Gasteiger partial charge on any atom is -0.370 e. The van der Waals surface area contributed by atoms with Gasteiger partial charge in [-0.2, -0.15) is 0 Å². The van der Waals surface area contributed by atoms with Crippen LogP contribution in [0.4, 0.5) is 5.13 Å². The monoisotopic (exact) mass is 281 g/mol. The van der Waals surface area contributed by atoms with Crippen molar-refractivity contribution in [3.8, 4) is 0 Å². The number of hydrogen-bond donors (Lipinski definition) is 2. The zero-order valence-corrected chi connectivity index (χ0v) is 12.5. The van der Waals surface area contributed by atoms with E-state index in [2.05, 4.69) is 15.3 Å². The number of guanidine groups is 1. The number of rotatable bonds is 4. The Morgan fingerprint density at radius 3 is 2.84 bits per heavy atom. The molecule has 0 saturated heterocycles. The molecule has 1 saturated carbocycles. The highest BCUT2D eigenvalue weighted by Gasteiger charge is 2.13. The molecule has 0 unspecified atom stereocenters. The van der Waals surface area contributed by atoms with Crippen LogP contribution >= 0.6 is 11.3 Å². The van der Waals surface area contributed by atoms with Crippen LogP contribution in [0.1, 0.15) is 37.8 Å². The van der Waals surface area contributed by atoms with Crippen LogP contribution in [0.5, 0.6) is 0 Å². The summed E-state index contributed by atoms with van der Waals surface area (Å²) in [5.41, 5.74) is 6.90. The van der Waals surface area contributed by atoms with Crippen molar-refractivity contribution in [3.63, 3.8) is 0 Å². The molecule has 0 radical (unpaired) electrons. The SMILES string of the molecule is CN(C)c1nc(CN=C(N)NC2CCCCC2)cs1. The summed E-state index contributed by atoms with van der Waals surface area (Å²) in [6.07, 6.45) is 6.35. The average molecular weight is 281 g/mol. The first-order valence-corrected chi connectivity index (χ1v) is 7.71. The molecule has 1 aromatic heterocycles. The molecule has 3 N–H and O–H groups in total. The van der Waals surface area contributed by atoms with Crippen molar-refractivity contribution in [3.05, 3.63) is 11.1 Å². The van der Waals surface area contributed by atoms with Gasteiger partial charge in [0.1, 0.15) is 0 Å². The fourth-order valence-electron chi connectivity index (χ4n) is 2.24. The van der Waals surface area contributed by atoms with Crippen LogP contribution in [0.3, 0.4) is 0 Å². The molecular formula is C13H23N5S. The van der Waals surface area contributed by atoms with E-state index < -0.39 is 0 Å². The van der Waals surface area contributed by atoms with E-state index >= 15 is 0 Å². The van der Waals surface area contributed by atoms with Crippen molar-refractivity contribution < 1.29 is 0 Å². The molecule has 1 fully saturated rings. The molecule has 0 spiro atoms. The van der Waals surface area contributed by atoms with Crippen LogP contribution in [0.2, 0.25) is 0 Å². The Balaban J connectivity index is 1.82. The lowest BCUT2D eigenvalue weighted by Gasteiger charge is -2.23. The Kier molecular flexibility index (Phi) is 5.01. The minimum atomic E-state index is 0.505. The molecule has 0 atom stereocenters. The molecule has 0 bridgehead atoms. The number of nitrogens with two attached hydrogens (primary N) is 1. The predicted octanol–water partition coefficient (Wildman–Crippen LogP) is 1.95. The van der Waals surface area contributed by atoms with E-state index in [4.69, 9.17) is 5.73 Å². The summed E-state index contributed by atoms with van der Waals surface area (Å²) < 4.78 is 0. The van der Waals surface area contributed by atoms with Crippen molar-refractivity contribution in [2.24, 2.45) is 10.7 Å². The predicted molar refractivity (Wildman–Crippen MR) is 81.8 cm³/mol. The maximum absolute atomic E-state index is 5.92. The number of anilines is 1. The van der Waals surface area contributed by atoms with E-state index in [1.807, 2.05) is 24.4 Å². The summed E-state index contributed by atoms with van der Waals surface area (Å²) in [6, 6.07) is 0.505. The third-order valence-corrected chi connectivity index (χ3v) is 4.35. The van der Waals surface area contributed by atoms with Gasteiger partial charge in [0.2, 0.25) is 0 Å². The highest BCUT2D eigenvalue weighted by molar-refractivity contribution is 7.13. The number of hydrogen-bond acceptors (Lipinski definition) is 4. The average Bonchev–Trinajstić information content (AvgIpc) is 2.86. The molecule has 1 heterocycles. The first kappa shape index (κ1) is 14.1. The van der Waals surface area contributed by atoms with Gasteiger partial charge >= 0.3 is 0 Å². The maximum Gasteiger partial charge on any atom is 0.189 e. The van der Waals surface area contributed by atoms with Gasteiger partial charge in [-0.3, -0.25) is 0 Å². The lowest BCUT2D eigenvalue weighted by Crippen LogP contribution is -2.41. The number of nitrogens with zero attached hydrogens (tertiary/aromatic N) is 3. The fourth-order valence-corrected chi connectivity index (χ4v) is 2.99. The van der Waals surface area contributed by atoms with E-state index in [1.54, 1.807) is 11.3 Å². The van der Waals surface area contributed by atoms with Crippen molar-refractivity contribution in [2.45, 2.75) is 44.7 Å². The molecule has 0 amide bonds. The summed E-state index contributed by atoms with van der Waals surface area (Å²) in [6.45, 7) is 0.551. The molecule has 2 rings (SSSR count). The molecule has 1 aromatic rings. The topological polar surface area (TPSA) is 66.5 Å². The summed E-state index contributed by atoms with van der Waals surface area (Å²) in [7, 11) is 3.98. The van der Waals surface area contributed by atoms with E-state index in [0.29, 0.717) is 18.5 Å². The third-order valence-electron chi connectivity index (χ3n) is 3.29. The van der Waals surface area contributed by atoms with Gasteiger partial charge in [-0.1, -0.05) is 19.3 Å². The molecule has 1 aliphatic carbocycles. The van der Waals surface area contributed by atoms with Crippen molar-refractivity contribution >= 4 is 22.4 Å². The van der Waals surface area contributed by atoms with Gasteiger partial charge in [0, 0.05) is 25.5 Å². The Labute approximate surface area is 118 Å². The molecule has 1 aliphatic rings. The number of aliphatic imine (C=N–C) groups is 1. The van der Waals surface area contributed by atoms with Gasteiger partial charge in [-0.25, -0.2) is 9.98 Å². The van der Waals surface area contributed by atoms with Crippen LogP contribution in [0.25, 0.3) is 0 Å². The Hall–Kier alpha value is -1.30. The van der Waals surface area contributed by atoms with Crippen molar-refractivity contribution in [2.75, 3.05) is 19.0 Å². The first-order valence-electron chi connectivity index (χ1n) is 6.83. The Morgan fingerprint density at radius 1 is 1.47 bits per heavy atom. The normalized spacial score (nSPS) is 17.5. The molecule has 106 valence electrons. The van der Waals surface area contributed by atoms with Crippen LogP contribution in [0, 0.1) is 0 Å². The Bertz CT molecular complexity index is 420. The smallest absolute Gasteiger partial charge is 0.189 e. The summed E-state index contributed by atoms with van der Waals surface area (Å²) in [4.78, 5) is 10.9. The standard InChI is InChI=1S/C13H23N5S/c1-18(2)13-17-11(9-19-13)8-15-12(14)16-10-6-4-3-5-7-10/h9-10H,3-8H2,1-2H3,(H3,14,15,16). The second kappa shape index (κ2) is 6.75. The number of aromatic nitrogens is 1. The van der Waals surface area contributed by atoms with Crippen molar-refractivity contribution in [1.29, 1.82) is 0 Å². The largest absolute Gasteiger partial charge is 0.370 e.